The Bertz CT molecular complexity index is 733. The molecule has 0 amide bonds. The molecule has 0 bridgehead atoms. The highest BCUT2D eigenvalue weighted by Crippen LogP contribution is 2.27. The molecule has 0 saturated carbocycles. The lowest BCUT2D eigenvalue weighted by molar-refractivity contribution is 0.249. The van der Waals surface area contributed by atoms with Gasteiger partial charge in [-0.1, -0.05) is 12.1 Å². The predicted octanol–water partition coefficient (Wildman–Crippen LogP) is 3.49. The molecule has 0 radical (unpaired) electrons. The van der Waals surface area contributed by atoms with Crippen molar-refractivity contribution >= 4 is 23.1 Å². The van der Waals surface area contributed by atoms with Gasteiger partial charge in [0.1, 0.15) is 5.82 Å². The first-order chi connectivity index (χ1) is 14.2. The highest BCUT2D eigenvalue weighted by Gasteiger charge is 2.24. The average Bonchev–Trinajstić information content (AvgIpc) is 3.47. The molecule has 2 aromatic heterocycles. The Morgan fingerprint density at radius 2 is 2.00 bits per heavy atom. The fourth-order valence-electron chi connectivity index (χ4n) is 3.80. The Kier molecular flexibility index (Phi) is 8.31. The number of hydrogen-bond acceptors (Lipinski definition) is 5. The summed E-state index contributed by atoms with van der Waals surface area (Å²) in [5.41, 5.74) is 1.15. The summed E-state index contributed by atoms with van der Waals surface area (Å²) in [4.78, 5) is 15.3. The molecular weight excluding hydrogens is 380 g/mol. The second kappa shape index (κ2) is 11.2. The molecule has 1 aliphatic rings. The summed E-state index contributed by atoms with van der Waals surface area (Å²) in [6.07, 6.45) is 4.54. The van der Waals surface area contributed by atoms with Crippen LogP contribution in [0.15, 0.2) is 40.8 Å². The Hall–Kier alpha value is -2.12. The number of likely N-dealkylation sites (tertiary alicyclic amines) is 1. The van der Waals surface area contributed by atoms with Crippen LogP contribution >= 0.6 is 11.3 Å². The summed E-state index contributed by atoms with van der Waals surface area (Å²) in [5, 5.41) is 9.12. The van der Waals surface area contributed by atoms with Crippen LogP contribution in [0.25, 0.3) is 0 Å². The first-order valence-corrected chi connectivity index (χ1v) is 11.5. The molecule has 1 saturated heterocycles. The summed E-state index contributed by atoms with van der Waals surface area (Å²) >= 11 is 1.84. The highest BCUT2D eigenvalue weighted by molar-refractivity contribution is 7.10. The van der Waals surface area contributed by atoms with Gasteiger partial charge >= 0.3 is 0 Å². The molecule has 1 aliphatic heterocycles. The molecule has 1 unspecified atom stereocenters. The van der Waals surface area contributed by atoms with Crippen LogP contribution in [0.3, 0.4) is 0 Å². The van der Waals surface area contributed by atoms with Gasteiger partial charge in [0.25, 0.3) is 0 Å². The number of hydrogen-bond donors (Lipinski definition) is 2. The zero-order chi connectivity index (χ0) is 20.5. The van der Waals surface area contributed by atoms with E-state index in [2.05, 4.69) is 73.9 Å². The molecule has 6 nitrogen and oxygen atoms in total. The Balaban J connectivity index is 1.53. The number of thiophene rings is 1. The van der Waals surface area contributed by atoms with E-state index >= 15 is 0 Å². The van der Waals surface area contributed by atoms with Gasteiger partial charge in [-0.2, -0.15) is 0 Å². The summed E-state index contributed by atoms with van der Waals surface area (Å²) in [6, 6.07) is 9.03. The van der Waals surface area contributed by atoms with Gasteiger partial charge in [0, 0.05) is 44.3 Å². The van der Waals surface area contributed by atoms with E-state index in [1.165, 1.54) is 30.8 Å². The lowest BCUT2D eigenvalue weighted by atomic mass is 10.2. The summed E-state index contributed by atoms with van der Waals surface area (Å²) in [5.74, 6) is 1.87. The van der Waals surface area contributed by atoms with Gasteiger partial charge in [0.15, 0.2) is 5.96 Å². The first kappa shape index (κ1) is 21.6. The smallest absolute Gasteiger partial charge is 0.191 e. The van der Waals surface area contributed by atoms with Crippen LogP contribution in [0.4, 0.5) is 5.82 Å². The van der Waals surface area contributed by atoms with Gasteiger partial charge in [-0.05, 0) is 62.9 Å². The van der Waals surface area contributed by atoms with Crippen molar-refractivity contribution in [2.75, 3.05) is 44.7 Å². The largest absolute Gasteiger partial charge is 0.357 e. The quantitative estimate of drug-likeness (QED) is 0.486. The van der Waals surface area contributed by atoms with E-state index in [1.54, 1.807) is 0 Å². The van der Waals surface area contributed by atoms with E-state index < -0.39 is 0 Å². The Morgan fingerprint density at radius 3 is 2.59 bits per heavy atom. The van der Waals surface area contributed by atoms with Crippen molar-refractivity contribution in [1.29, 1.82) is 0 Å². The number of aliphatic imine (C=N–C) groups is 1. The van der Waals surface area contributed by atoms with Gasteiger partial charge in [0.05, 0.1) is 6.04 Å². The highest BCUT2D eigenvalue weighted by atomic mass is 32.1. The van der Waals surface area contributed by atoms with Crippen molar-refractivity contribution in [3.8, 4) is 0 Å². The normalized spacial score (nSPS) is 16.0. The topological polar surface area (TPSA) is 55.8 Å². The maximum atomic E-state index is 4.61. The van der Waals surface area contributed by atoms with E-state index in [1.807, 2.05) is 24.6 Å². The first-order valence-electron chi connectivity index (χ1n) is 10.7. The number of pyridine rings is 1. The molecule has 29 heavy (non-hydrogen) atoms. The second-order valence-corrected chi connectivity index (χ2v) is 8.26. The fourth-order valence-corrected chi connectivity index (χ4v) is 4.66. The third-order valence-corrected chi connectivity index (χ3v) is 6.47. The maximum Gasteiger partial charge on any atom is 0.191 e. The SMILES string of the molecule is CCN(CC)c1ccc(CNC(=NC)NCC(c2cccs2)N2CCCC2)cn1. The van der Waals surface area contributed by atoms with E-state index in [0.29, 0.717) is 12.6 Å². The molecule has 1 fully saturated rings. The van der Waals surface area contributed by atoms with Crippen molar-refractivity contribution in [3.05, 3.63) is 46.3 Å². The van der Waals surface area contributed by atoms with Crippen LogP contribution < -0.4 is 15.5 Å². The van der Waals surface area contributed by atoms with E-state index in [4.69, 9.17) is 0 Å². The third-order valence-electron chi connectivity index (χ3n) is 5.50. The Morgan fingerprint density at radius 1 is 1.21 bits per heavy atom. The van der Waals surface area contributed by atoms with E-state index in [0.717, 1.165) is 37.0 Å². The second-order valence-electron chi connectivity index (χ2n) is 7.28. The number of nitrogens with zero attached hydrogens (tertiary/aromatic N) is 4. The molecule has 2 N–H and O–H groups in total. The van der Waals surface area contributed by atoms with Crippen molar-refractivity contribution in [2.45, 2.75) is 39.3 Å². The van der Waals surface area contributed by atoms with Crippen LogP contribution in [-0.4, -0.2) is 55.6 Å². The van der Waals surface area contributed by atoms with Gasteiger partial charge in [-0.3, -0.25) is 9.89 Å². The monoisotopic (exact) mass is 414 g/mol. The minimum Gasteiger partial charge on any atom is -0.357 e. The van der Waals surface area contributed by atoms with Crippen molar-refractivity contribution in [3.63, 3.8) is 0 Å². The molecule has 0 aliphatic carbocycles. The molecule has 1 atom stereocenters. The van der Waals surface area contributed by atoms with E-state index in [9.17, 15) is 0 Å². The molecule has 2 aromatic rings. The zero-order valence-electron chi connectivity index (χ0n) is 17.9. The lowest BCUT2D eigenvalue weighted by Gasteiger charge is -2.27. The van der Waals surface area contributed by atoms with Gasteiger partial charge in [0.2, 0.25) is 0 Å². The number of guanidine groups is 1. The van der Waals surface area contributed by atoms with Gasteiger partial charge in [-0.25, -0.2) is 4.98 Å². The van der Waals surface area contributed by atoms with Crippen LogP contribution in [0.1, 0.15) is 43.2 Å². The molecule has 0 aromatic carbocycles. The molecule has 3 heterocycles. The molecule has 3 rings (SSSR count). The number of anilines is 1. The Labute approximate surface area is 179 Å². The van der Waals surface area contributed by atoms with Crippen LogP contribution in [0.2, 0.25) is 0 Å². The van der Waals surface area contributed by atoms with Crippen molar-refractivity contribution < 1.29 is 0 Å². The number of aromatic nitrogens is 1. The standard InChI is InChI=1S/C22H34N6S/c1-4-27(5-2)21-11-10-18(15-24-21)16-25-22(23-3)26-17-19(20-9-8-14-29-20)28-12-6-7-13-28/h8-11,14-15,19H,4-7,12-13,16-17H2,1-3H3,(H2,23,25,26). The summed E-state index contributed by atoms with van der Waals surface area (Å²) < 4.78 is 0. The van der Waals surface area contributed by atoms with E-state index in [-0.39, 0.29) is 0 Å². The summed E-state index contributed by atoms with van der Waals surface area (Å²) in [7, 11) is 1.83. The molecule has 7 heteroatoms. The fraction of sp³-hybridized carbons (Fsp3) is 0.545. The minimum atomic E-state index is 0.408. The molecular formula is C22H34N6S. The van der Waals surface area contributed by atoms with Gasteiger partial charge < -0.3 is 15.5 Å². The number of rotatable bonds is 9. The average molecular weight is 415 g/mol. The maximum absolute atomic E-state index is 4.61. The third kappa shape index (κ3) is 5.93. The van der Waals surface area contributed by atoms with Crippen molar-refractivity contribution in [2.24, 2.45) is 4.99 Å². The minimum absolute atomic E-state index is 0.408. The van der Waals surface area contributed by atoms with Crippen molar-refractivity contribution in [1.82, 2.24) is 20.5 Å². The van der Waals surface area contributed by atoms with Crippen LogP contribution in [0.5, 0.6) is 0 Å². The molecule has 0 spiro atoms. The number of nitrogens with one attached hydrogen (secondary N) is 2. The van der Waals surface area contributed by atoms with Crippen LogP contribution in [-0.2, 0) is 6.54 Å². The lowest BCUT2D eigenvalue weighted by Crippen LogP contribution is -2.42. The van der Waals surface area contributed by atoms with Crippen LogP contribution in [0, 0.1) is 0 Å². The zero-order valence-corrected chi connectivity index (χ0v) is 18.7. The van der Waals surface area contributed by atoms with Gasteiger partial charge in [-0.15, -0.1) is 11.3 Å². The molecule has 158 valence electrons. The predicted molar refractivity (Wildman–Crippen MR) is 124 cm³/mol. The summed E-state index contributed by atoms with van der Waals surface area (Å²) in [6.45, 7) is 10.2.